The first-order valence-electron chi connectivity index (χ1n) is 9.23. The molecule has 6 nitrogen and oxygen atoms in total. The second kappa shape index (κ2) is 14.7. The van der Waals surface area contributed by atoms with Gasteiger partial charge in [-0.1, -0.05) is 78.1 Å². The number of carbonyl (C=O) groups is 1. The van der Waals surface area contributed by atoms with Gasteiger partial charge in [-0.2, -0.15) is 8.42 Å². The van der Waals surface area contributed by atoms with Crippen molar-refractivity contribution in [2.75, 3.05) is 6.61 Å². The highest BCUT2D eigenvalue weighted by atomic mass is 32.3. The molecule has 0 radical (unpaired) electrons. The molecule has 7 heteroatoms. The van der Waals surface area contributed by atoms with Gasteiger partial charge in [0, 0.05) is 0 Å². The lowest BCUT2D eigenvalue weighted by Crippen LogP contribution is -2.29. The quantitative estimate of drug-likeness (QED) is 0.247. The third-order valence-electron chi connectivity index (χ3n) is 3.81. The Labute approximate surface area is 147 Å². The molecule has 1 N–H and O–H groups in total. The number of esters is 1. The molecule has 0 aliphatic heterocycles. The summed E-state index contributed by atoms with van der Waals surface area (Å²) in [4.78, 5) is 11.9. The molecule has 0 aromatic rings. The molecule has 0 aliphatic carbocycles. The molecule has 0 spiro atoms. The van der Waals surface area contributed by atoms with Crippen LogP contribution in [0.2, 0.25) is 0 Å². The first-order valence-corrected chi connectivity index (χ1v) is 10.6. The molecule has 0 saturated heterocycles. The molecule has 0 rings (SSSR count). The summed E-state index contributed by atoms with van der Waals surface area (Å²) in [5, 5.41) is 0. The van der Waals surface area contributed by atoms with E-state index >= 15 is 0 Å². The van der Waals surface area contributed by atoms with Crippen LogP contribution in [0, 0.1) is 0 Å². The van der Waals surface area contributed by atoms with Crippen LogP contribution in [0.25, 0.3) is 0 Å². The number of carbonyl (C=O) groups excluding carboxylic acids is 1. The molecule has 0 aliphatic rings. The van der Waals surface area contributed by atoms with Gasteiger partial charge in [-0.3, -0.25) is 4.55 Å². The maximum atomic E-state index is 11.9. The molecular formula is C17H34O6S. The first kappa shape index (κ1) is 23.3. The van der Waals surface area contributed by atoms with Crippen LogP contribution < -0.4 is 0 Å². The van der Waals surface area contributed by atoms with Crippen molar-refractivity contribution in [1.29, 1.82) is 0 Å². The Morgan fingerprint density at radius 2 is 1.38 bits per heavy atom. The van der Waals surface area contributed by atoms with Crippen molar-refractivity contribution in [3.63, 3.8) is 0 Å². The lowest BCUT2D eigenvalue weighted by molar-refractivity contribution is -0.152. The van der Waals surface area contributed by atoms with Crippen LogP contribution >= 0.6 is 0 Å². The number of hydrogen-bond acceptors (Lipinski definition) is 5. The smallest absolute Gasteiger partial charge is 0.398 e. The van der Waals surface area contributed by atoms with Crippen LogP contribution in [0.3, 0.4) is 0 Å². The van der Waals surface area contributed by atoms with Gasteiger partial charge in [-0.25, -0.2) is 8.98 Å². The summed E-state index contributed by atoms with van der Waals surface area (Å²) < 4.78 is 40.1. The molecule has 0 aromatic heterocycles. The summed E-state index contributed by atoms with van der Waals surface area (Å²) >= 11 is 0. The minimum absolute atomic E-state index is 0.232. The molecule has 144 valence electrons. The zero-order valence-corrected chi connectivity index (χ0v) is 16.0. The fourth-order valence-electron chi connectivity index (χ4n) is 2.43. The van der Waals surface area contributed by atoms with Gasteiger partial charge >= 0.3 is 16.4 Å². The fourth-order valence-corrected chi connectivity index (χ4v) is 2.90. The van der Waals surface area contributed by atoms with Crippen LogP contribution in [-0.2, 0) is 24.1 Å². The zero-order valence-electron chi connectivity index (χ0n) is 15.2. The third kappa shape index (κ3) is 14.9. The standard InChI is InChI=1S/C17H34O6S/c1-3-5-7-9-10-11-13-15-22-17(18)16(23-24(19,20)21)14-12-8-6-4-2/h16H,3-15H2,1-2H3,(H,19,20,21). The van der Waals surface area contributed by atoms with Crippen molar-refractivity contribution in [1.82, 2.24) is 0 Å². The predicted octanol–water partition coefficient (Wildman–Crippen LogP) is 4.44. The third-order valence-corrected chi connectivity index (χ3v) is 4.29. The van der Waals surface area contributed by atoms with Gasteiger partial charge in [0.15, 0.2) is 6.10 Å². The maximum absolute atomic E-state index is 11.9. The molecule has 0 heterocycles. The summed E-state index contributed by atoms with van der Waals surface area (Å²) in [5.41, 5.74) is 0. The molecule has 0 amide bonds. The van der Waals surface area contributed by atoms with Gasteiger partial charge in [0.1, 0.15) is 0 Å². The predicted molar refractivity (Wildman–Crippen MR) is 94.1 cm³/mol. The van der Waals surface area contributed by atoms with Crippen molar-refractivity contribution in [2.45, 2.75) is 97.0 Å². The first-order chi connectivity index (χ1) is 11.4. The molecule has 24 heavy (non-hydrogen) atoms. The number of hydrogen-bond donors (Lipinski definition) is 1. The minimum Gasteiger partial charge on any atom is -0.464 e. The van der Waals surface area contributed by atoms with Gasteiger partial charge in [0.05, 0.1) is 6.61 Å². The monoisotopic (exact) mass is 366 g/mol. The molecule has 1 atom stereocenters. The lowest BCUT2D eigenvalue weighted by atomic mass is 10.1. The van der Waals surface area contributed by atoms with Gasteiger partial charge in [0.25, 0.3) is 0 Å². The highest BCUT2D eigenvalue weighted by Gasteiger charge is 2.26. The molecule has 0 aromatic carbocycles. The second-order valence-electron chi connectivity index (χ2n) is 6.15. The summed E-state index contributed by atoms with van der Waals surface area (Å²) in [6, 6.07) is 0. The molecule has 0 bridgehead atoms. The average molecular weight is 367 g/mol. The van der Waals surface area contributed by atoms with Crippen molar-refractivity contribution < 1.29 is 26.7 Å². The van der Waals surface area contributed by atoms with Crippen molar-refractivity contribution >= 4 is 16.4 Å². The Balaban J connectivity index is 4.01. The van der Waals surface area contributed by atoms with Gasteiger partial charge in [0.2, 0.25) is 0 Å². The Morgan fingerprint density at radius 1 is 0.875 bits per heavy atom. The van der Waals surface area contributed by atoms with Crippen molar-refractivity contribution in [3.8, 4) is 0 Å². The van der Waals surface area contributed by atoms with Crippen LogP contribution in [0.1, 0.15) is 90.9 Å². The van der Waals surface area contributed by atoms with Crippen LogP contribution in [-0.4, -0.2) is 31.7 Å². The lowest BCUT2D eigenvalue weighted by Gasteiger charge is -2.14. The summed E-state index contributed by atoms with van der Waals surface area (Å²) in [6.07, 6.45) is 10.3. The van der Waals surface area contributed by atoms with Crippen LogP contribution in [0.4, 0.5) is 0 Å². The van der Waals surface area contributed by atoms with Crippen molar-refractivity contribution in [3.05, 3.63) is 0 Å². The van der Waals surface area contributed by atoms with E-state index in [2.05, 4.69) is 18.0 Å². The summed E-state index contributed by atoms with van der Waals surface area (Å²) in [6.45, 7) is 4.49. The van der Waals surface area contributed by atoms with Crippen LogP contribution in [0.5, 0.6) is 0 Å². The molecule has 0 saturated carbocycles. The van der Waals surface area contributed by atoms with Gasteiger partial charge < -0.3 is 4.74 Å². The SMILES string of the molecule is CCCCCCCCCOC(=O)C(CCCCCC)OS(=O)(=O)O. The van der Waals surface area contributed by atoms with E-state index in [1.54, 1.807) is 0 Å². The highest BCUT2D eigenvalue weighted by molar-refractivity contribution is 7.80. The van der Waals surface area contributed by atoms with E-state index in [9.17, 15) is 13.2 Å². The van der Waals surface area contributed by atoms with Crippen LogP contribution in [0.15, 0.2) is 0 Å². The average Bonchev–Trinajstić information content (AvgIpc) is 2.51. The Kier molecular flexibility index (Phi) is 14.3. The Morgan fingerprint density at radius 3 is 1.92 bits per heavy atom. The van der Waals surface area contributed by atoms with E-state index in [1.807, 2.05) is 0 Å². The van der Waals surface area contributed by atoms with Gasteiger partial charge in [-0.05, 0) is 12.8 Å². The van der Waals surface area contributed by atoms with E-state index in [1.165, 1.54) is 25.7 Å². The summed E-state index contributed by atoms with van der Waals surface area (Å²) in [5.74, 6) is -0.713. The van der Waals surface area contributed by atoms with E-state index in [0.717, 1.165) is 38.5 Å². The molecule has 0 fully saturated rings. The fraction of sp³-hybridized carbons (Fsp3) is 0.941. The summed E-state index contributed by atoms with van der Waals surface area (Å²) in [7, 11) is -4.66. The van der Waals surface area contributed by atoms with E-state index < -0.39 is 22.5 Å². The number of rotatable bonds is 16. The minimum atomic E-state index is -4.66. The van der Waals surface area contributed by atoms with E-state index in [0.29, 0.717) is 6.42 Å². The molecule has 1 unspecified atom stereocenters. The Bertz CT molecular complexity index is 407. The van der Waals surface area contributed by atoms with Gasteiger partial charge in [-0.15, -0.1) is 0 Å². The van der Waals surface area contributed by atoms with Crippen molar-refractivity contribution in [2.24, 2.45) is 0 Å². The number of ether oxygens (including phenoxy) is 1. The zero-order chi connectivity index (χ0) is 18.3. The number of unbranched alkanes of at least 4 members (excludes halogenated alkanes) is 9. The highest BCUT2D eigenvalue weighted by Crippen LogP contribution is 2.13. The van der Waals surface area contributed by atoms with E-state index in [-0.39, 0.29) is 13.0 Å². The maximum Gasteiger partial charge on any atom is 0.398 e. The second-order valence-corrected chi connectivity index (χ2v) is 7.20. The normalized spacial score (nSPS) is 13.0. The molecular weight excluding hydrogens is 332 g/mol. The topological polar surface area (TPSA) is 89.9 Å². The largest absolute Gasteiger partial charge is 0.464 e. The van der Waals surface area contributed by atoms with E-state index in [4.69, 9.17) is 9.29 Å². The Hall–Kier alpha value is -0.660.